The van der Waals surface area contributed by atoms with Crippen LogP contribution in [0.15, 0.2) is 24.5 Å². The second-order valence-electron chi connectivity index (χ2n) is 3.95. The minimum absolute atomic E-state index is 0.266. The fourth-order valence-electron chi connectivity index (χ4n) is 1.63. The minimum atomic E-state index is -0.266. The lowest BCUT2D eigenvalue weighted by Crippen LogP contribution is -2.31. The maximum absolute atomic E-state index is 11.6. The number of hydrogen-bond donors (Lipinski definition) is 0. The highest BCUT2D eigenvalue weighted by Crippen LogP contribution is 2.07. The first-order valence-corrected chi connectivity index (χ1v) is 5.99. The Kier molecular flexibility index (Phi) is 6.07. The van der Waals surface area contributed by atoms with Crippen molar-refractivity contribution in [2.45, 2.75) is 32.7 Å². The number of methoxy groups -OCH3 is 1. The first-order valence-electron chi connectivity index (χ1n) is 5.99. The molecule has 0 aliphatic rings. The third-order valence-corrected chi connectivity index (χ3v) is 2.59. The number of ether oxygens (including phenoxy) is 1. The number of pyridine rings is 1. The minimum Gasteiger partial charge on any atom is -0.453 e. The van der Waals surface area contributed by atoms with Crippen molar-refractivity contribution in [2.75, 3.05) is 13.7 Å². The van der Waals surface area contributed by atoms with Crippen molar-refractivity contribution in [2.24, 2.45) is 0 Å². The van der Waals surface area contributed by atoms with Gasteiger partial charge in [0, 0.05) is 25.5 Å². The van der Waals surface area contributed by atoms with E-state index in [0.29, 0.717) is 6.54 Å². The van der Waals surface area contributed by atoms with Gasteiger partial charge >= 0.3 is 6.09 Å². The second-order valence-corrected chi connectivity index (χ2v) is 3.95. The van der Waals surface area contributed by atoms with Gasteiger partial charge in [0.25, 0.3) is 0 Å². The van der Waals surface area contributed by atoms with Crippen LogP contribution in [0.5, 0.6) is 0 Å². The summed E-state index contributed by atoms with van der Waals surface area (Å²) in [6.07, 6.45) is 6.48. The van der Waals surface area contributed by atoms with Crippen LogP contribution in [0.1, 0.15) is 31.7 Å². The number of unbranched alkanes of at least 4 members (excludes halogenated alkanes) is 2. The molecule has 0 aromatic carbocycles. The summed E-state index contributed by atoms with van der Waals surface area (Å²) in [5.74, 6) is 0. The highest BCUT2D eigenvalue weighted by Gasteiger charge is 2.13. The smallest absolute Gasteiger partial charge is 0.409 e. The van der Waals surface area contributed by atoms with Crippen LogP contribution in [0, 0.1) is 0 Å². The van der Waals surface area contributed by atoms with Gasteiger partial charge in [0.2, 0.25) is 0 Å². The fourth-order valence-corrected chi connectivity index (χ4v) is 1.63. The van der Waals surface area contributed by atoms with E-state index in [2.05, 4.69) is 11.9 Å². The molecule has 0 unspecified atom stereocenters. The molecule has 0 fully saturated rings. The molecule has 0 radical (unpaired) electrons. The SMILES string of the molecule is CCCCCN(Cc1ccncc1)C(=O)OC. The number of aromatic nitrogens is 1. The number of amides is 1. The lowest BCUT2D eigenvalue weighted by atomic mass is 10.2. The van der Waals surface area contributed by atoms with E-state index in [1.807, 2.05) is 12.1 Å². The number of carbonyl (C=O) groups excluding carboxylic acids is 1. The molecule has 17 heavy (non-hydrogen) atoms. The van der Waals surface area contributed by atoms with Crippen LogP contribution < -0.4 is 0 Å². The van der Waals surface area contributed by atoms with Crippen molar-refractivity contribution in [3.05, 3.63) is 30.1 Å². The van der Waals surface area contributed by atoms with Crippen molar-refractivity contribution in [3.63, 3.8) is 0 Å². The molecule has 4 heteroatoms. The molecule has 1 aromatic heterocycles. The third-order valence-electron chi connectivity index (χ3n) is 2.59. The van der Waals surface area contributed by atoms with Crippen LogP contribution in [0.2, 0.25) is 0 Å². The molecule has 0 aliphatic carbocycles. The molecule has 0 N–H and O–H groups in total. The summed E-state index contributed by atoms with van der Waals surface area (Å²) in [5, 5.41) is 0. The van der Waals surface area contributed by atoms with E-state index in [-0.39, 0.29) is 6.09 Å². The van der Waals surface area contributed by atoms with E-state index >= 15 is 0 Å². The van der Waals surface area contributed by atoms with E-state index in [4.69, 9.17) is 4.74 Å². The molecular weight excluding hydrogens is 216 g/mol. The van der Waals surface area contributed by atoms with Gasteiger partial charge in [-0.15, -0.1) is 0 Å². The van der Waals surface area contributed by atoms with Crippen LogP contribution in [0.4, 0.5) is 4.79 Å². The molecule has 1 aromatic rings. The summed E-state index contributed by atoms with van der Waals surface area (Å²) in [6.45, 7) is 3.47. The van der Waals surface area contributed by atoms with Gasteiger partial charge in [0.05, 0.1) is 7.11 Å². The molecule has 0 saturated carbocycles. The fraction of sp³-hybridized carbons (Fsp3) is 0.538. The highest BCUT2D eigenvalue weighted by molar-refractivity contribution is 5.67. The van der Waals surface area contributed by atoms with Gasteiger partial charge in [-0.3, -0.25) is 4.98 Å². The molecule has 4 nitrogen and oxygen atoms in total. The van der Waals surface area contributed by atoms with E-state index in [1.165, 1.54) is 7.11 Å². The topological polar surface area (TPSA) is 42.4 Å². The number of nitrogens with zero attached hydrogens (tertiary/aromatic N) is 2. The molecule has 94 valence electrons. The Morgan fingerprint density at radius 1 is 1.35 bits per heavy atom. The molecule has 1 heterocycles. The largest absolute Gasteiger partial charge is 0.453 e. The quantitative estimate of drug-likeness (QED) is 0.713. The predicted octanol–water partition coefficient (Wildman–Crippen LogP) is 2.84. The Balaban J connectivity index is 2.54. The summed E-state index contributed by atoms with van der Waals surface area (Å²) < 4.78 is 4.79. The average Bonchev–Trinajstić information content (AvgIpc) is 2.38. The van der Waals surface area contributed by atoms with E-state index in [1.54, 1.807) is 17.3 Å². The van der Waals surface area contributed by atoms with E-state index < -0.39 is 0 Å². The van der Waals surface area contributed by atoms with Crippen LogP contribution >= 0.6 is 0 Å². The van der Waals surface area contributed by atoms with Gasteiger partial charge in [-0.1, -0.05) is 19.8 Å². The Morgan fingerprint density at radius 2 is 2.06 bits per heavy atom. The van der Waals surface area contributed by atoms with Crippen molar-refractivity contribution in [1.29, 1.82) is 0 Å². The summed E-state index contributed by atoms with van der Waals surface area (Å²) in [7, 11) is 1.42. The van der Waals surface area contributed by atoms with Gasteiger partial charge in [0.1, 0.15) is 0 Å². The molecule has 0 spiro atoms. The molecule has 1 amide bonds. The first-order chi connectivity index (χ1) is 8.27. The van der Waals surface area contributed by atoms with Gasteiger partial charge in [0.15, 0.2) is 0 Å². The lowest BCUT2D eigenvalue weighted by Gasteiger charge is -2.21. The Labute approximate surface area is 103 Å². The average molecular weight is 236 g/mol. The van der Waals surface area contributed by atoms with Gasteiger partial charge < -0.3 is 9.64 Å². The summed E-state index contributed by atoms with van der Waals surface area (Å²) in [5.41, 5.74) is 1.07. The molecule has 0 atom stereocenters. The molecule has 1 rings (SSSR count). The number of rotatable bonds is 6. The molecule has 0 aliphatic heterocycles. The molecule has 0 saturated heterocycles. The summed E-state index contributed by atoms with van der Waals surface area (Å²) in [4.78, 5) is 17.3. The van der Waals surface area contributed by atoms with Crippen molar-refractivity contribution in [1.82, 2.24) is 9.88 Å². The Morgan fingerprint density at radius 3 is 2.65 bits per heavy atom. The number of hydrogen-bond acceptors (Lipinski definition) is 3. The first kappa shape index (κ1) is 13.5. The zero-order valence-electron chi connectivity index (χ0n) is 10.6. The van der Waals surface area contributed by atoms with Crippen LogP contribution in [-0.4, -0.2) is 29.6 Å². The highest BCUT2D eigenvalue weighted by atomic mass is 16.5. The lowest BCUT2D eigenvalue weighted by molar-refractivity contribution is 0.120. The summed E-state index contributed by atoms with van der Waals surface area (Å²) >= 11 is 0. The van der Waals surface area contributed by atoms with Crippen molar-refractivity contribution >= 4 is 6.09 Å². The van der Waals surface area contributed by atoms with Crippen molar-refractivity contribution in [3.8, 4) is 0 Å². The summed E-state index contributed by atoms with van der Waals surface area (Å²) in [6, 6.07) is 3.82. The maximum atomic E-state index is 11.6. The van der Waals surface area contributed by atoms with Gasteiger partial charge in [-0.25, -0.2) is 4.79 Å². The molecular formula is C13H20N2O2. The van der Waals surface area contributed by atoms with Gasteiger partial charge in [-0.05, 0) is 24.1 Å². The zero-order valence-corrected chi connectivity index (χ0v) is 10.6. The second kappa shape index (κ2) is 7.65. The Bertz CT molecular complexity index is 327. The normalized spacial score (nSPS) is 10.0. The number of carbonyl (C=O) groups is 1. The molecule has 0 bridgehead atoms. The van der Waals surface area contributed by atoms with Crippen LogP contribution in [0.3, 0.4) is 0 Å². The Hall–Kier alpha value is -1.58. The zero-order chi connectivity index (χ0) is 12.5. The van der Waals surface area contributed by atoms with E-state index in [0.717, 1.165) is 31.4 Å². The monoisotopic (exact) mass is 236 g/mol. The van der Waals surface area contributed by atoms with Crippen LogP contribution in [-0.2, 0) is 11.3 Å². The van der Waals surface area contributed by atoms with Gasteiger partial charge in [-0.2, -0.15) is 0 Å². The van der Waals surface area contributed by atoms with Crippen molar-refractivity contribution < 1.29 is 9.53 Å². The predicted molar refractivity (Wildman–Crippen MR) is 66.6 cm³/mol. The standard InChI is InChI=1S/C13H20N2O2/c1-3-4-5-10-15(13(16)17-2)11-12-6-8-14-9-7-12/h6-9H,3-5,10-11H2,1-2H3. The third kappa shape index (κ3) is 4.85. The van der Waals surface area contributed by atoms with E-state index in [9.17, 15) is 4.79 Å². The maximum Gasteiger partial charge on any atom is 0.409 e. The van der Waals surface area contributed by atoms with Crippen LogP contribution in [0.25, 0.3) is 0 Å².